The first-order chi connectivity index (χ1) is 27.9. The Balaban J connectivity index is 1.17. The second-order valence-electron chi connectivity index (χ2n) is 15.4. The highest BCUT2D eigenvalue weighted by atomic mass is 31.2. The van der Waals surface area contributed by atoms with E-state index in [4.69, 9.17) is 0 Å². The lowest BCUT2D eigenvalue weighted by atomic mass is 9.63. The van der Waals surface area contributed by atoms with Crippen molar-refractivity contribution in [2.75, 3.05) is 0 Å². The first kappa shape index (κ1) is 34.9. The molecule has 272 valence electrons. The van der Waals surface area contributed by atoms with Crippen LogP contribution in [0.4, 0.5) is 0 Å². The van der Waals surface area contributed by atoms with Crippen LogP contribution in [0.3, 0.4) is 0 Å². The fourth-order valence-corrected chi connectivity index (χ4v) is 11.8. The lowest BCUT2D eigenvalue weighted by Gasteiger charge is -2.38. The Bertz CT molecular complexity index is 2970. The summed E-state index contributed by atoms with van der Waals surface area (Å²) in [5, 5.41) is 10.2. The first-order valence-electron chi connectivity index (χ1n) is 19.7. The van der Waals surface area contributed by atoms with E-state index in [0.717, 1.165) is 27.0 Å². The van der Waals surface area contributed by atoms with E-state index >= 15 is 4.57 Å². The third-order valence-electron chi connectivity index (χ3n) is 12.0. The van der Waals surface area contributed by atoms with Crippen LogP contribution in [-0.2, 0) is 9.98 Å². The highest BCUT2D eigenvalue weighted by Gasteiger charge is 2.40. The summed E-state index contributed by atoms with van der Waals surface area (Å²) >= 11 is 0. The lowest BCUT2D eigenvalue weighted by Crippen LogP contribution is -2.31. The molecule has 0 unspecified atom stereocenters. The maximum Gasteiger partial charge on any atom is 0.171 e. The molecular weight excluding hydrogens is 708 g/mol. The van der Waals surface area contributed by atoms with Crippen molar-refractivity contribution in [1.82, 2.24) is 0 Å². The zero-order valence-electron chi connectivity index (χ0n) is 32.1. The largest absolute Gasteiger partial charge is 0.309 e. The molecule has 0 aromatic heterocycles. The Labute approximate surface area is 334 Å². The van der Waals surface area contributed by atoms with Crippen LogP contribution in [0.25, 0.3) is 43.4 Å². The van der Waals surface area contributed by atoms with Gasteiger partial charge in [0.1, 0.15) is 0 Å². The maximum atomic E-state index is 15.1. The van der Waals surface area contributed by atoms with Gasteiger partial charge < -0.3 is 4.57 Å². The van der Waals surface area contributed by atoms with E-state index in [1.807, 2.05) is 60.7 Å². The van der Waals surface area contributed by atoms with Crippen LogP contribution < -0.4 is 15.9 Å². The molecule has 10 aromatic rings. The van der Waals surface area contributed by atoms with Gasteiger partial charge in [-0.25, -0.2) is 0 Å². The van der Waals surface area contributed by atoms with E-state index in [1.165, 1.54) is 65.7 Å². The molecule has 57 heavy (non-hydrogen) atoms. The van der Waals surface area contributed by atoms with E-state index in [9.17, 15) is 0 Å². The number of rotatable bonds is 8. The summed E-state index contributed by atoms with van der Waals surface area (Å²) in [5.41, 5.74) is 8.93. The Hall–Kier alpha value is -6.53. The zero-order chi connectivity index (χ0) is 38.6. The molecule has 0 bridgehead atoms. The Morgan fingerprint density at radius 1 is 0.368 bits per heavy atom. The van der Waals surface area contributed by atoms with Gasteiger partial charge in [0.15, 0.2) is 7.14 Å². The summed E-state index contributed by atoms with van der Waals surface area (Å²) in [6.45, 7) is 4.32. The highest BCUT2D eigenvalue weighted by molar-refractivity contribution is 7.85. The van der Waals surface area contributed by atoms with Crippen LogP contribution in [0, 0.1) is 13.8 Å². The lowest BCUT2D eigenvalue weighted by molar-refractivity contribution is 0.592. The third kappa shape index (κ3) is 5.65. The Morgan fingerprint density at radius 2 is 0.789 bits per heavy atom. The molecule has 1 nitrogen and oxygen atoms in total. The molecular formula is C55H41OP. The molecule has 2 heteroatoms. The second kappa shape index (κ2) is 13.9. The second-order valence-corrected chi connectivity index (χ2v) is 18.1. The van der Waals surface area contributed by atoms with Crippen LogP contribution in [0.5, 0.6) is 0 Å². The average molecular weight is 749 g/mol. The molecule has 0 atom stereocenters. The van der Waals surface area contributed by atoms with Crippen LogP contribution in [0.15, 0.2) is 212 Å². The molecule has 0 heterocycles. The van der Waals surface area contributed by atoms with Crippen molar-refractivity contribution in [3.05, 3.63) is 246 Å². The molecule has 0 fully saturated rings. The molecule has 0 saturated carbocycles. The zero-order valence-corrected chi connectivity index (χ0v) is 33.0. The summed E-state index contributed by atoms with van der Waals surface area (Å²) < 4.78 is 15.1. The summed E-state index contributed by atoms with van der Waals surface area (Å²) in [5.74, 6) is 0. The van der Waals surface area contributed by atoms with Crippen molar-refractivity contribution in [3.8, 4) is 11.1 Å². The predicted octanol–water partition coefficient (Wildman–Crippen LogP) is 12.9. The van der Waals surface area contributed by atoms with Crippen molar-refractivity contribution < 1.29 is 4.57 Å². The minimum absolute atomic E-state index is 0.633. The molecule has 0 aliphatic heterocycles. The fourth-order valence-electron chi connectivity index (χ4n) is 9.15. The van der Waals surface area contributed by atoms with Gasteiger partial charge in [-0.15, -0.1) is 0 Å². The summed E-state index contributed by atoms with van der Waals surface area (Å²) in [6.07, 6.45) is 0. The molecule has 0 spiro atoms. The van der Waals surface area contributed by atoms with Crippen LogP contribution in [0.1, 0.15) is 33.4 Å². The fraction of sp³-hybridized carbons (Fsp3) is 0.0545. The van der Waals surface area contributed by atoms with Gasteiger partial charge in [0, 0.05) is 15.9 Å². The van der Waals surface area contributed by atoms with Crippen molar-refractivity contribution in [2.24, 2.45) is 0 Å². The third-order valence-corrected chi connectivity index (χ3v) is 15.1. The summed E-state index contributed by atoms with van der Waals surface area (Å²) in [6, 6.07) is 76.0. The molecule has 0 radical (unpaired) electrons. The Kier molecular flexibility index (Phi) is 8.51. The number of hydrogen-bond acceptors (Lipinski definition) is 1. The number of aryl methyl sites for hydroxylation is 2. The minimum Gasteiger partial charge on any atom is -0.309 e. The average Bonchev–Trinajstić information content (AvgIpc) is 3.28. The highest BCUT2D eigenvalue weighted by Crippen LogP contribution is 2.51. The van der Waals surface area contributed by atoms with Crippen LogP contribution in [0.2, 0.25) is 0 Å². The van der Waals surface area contributed by atoms with Crippen molar-refractivity contribution in [3.63, 3.8) is 0 Å². The molecule has 0 aliphatic carbocycles. The number of hydrogen-bond donors (Lipinski definition) is 0. The number of benzene rings is 10. The first-order valence-corrected chi connectivity index (χ1v) is 21.4. The van der Waals surface area contributed by atoms with Crippen LogP contribution >= 0.6 is 7.14 Å². The van der Waals surface area contributed by atoms with Gasteiger partial charge in [-0.3, -0.25) is 0 Å². The smallest absolute Gasteiger partial charge is 0.171 e. The van der Waals surface area contributed by atoms with Gasteiger partial charge in [-0.05, 0) is 85.6 Å². The van der Waals surface area contributed by atoms with E-state index in [2.05, 4.69) is 166 Å². The van der Waals surface area contributed by atoms with Crippen molar-refractivity contribution in [2.45, 2.75) is 19.3 Å². The summed E-state index contributed by atoms with van der Waals surface area (Å²) in [4.78, 5) is 0. The topological polar surface area (TPSA) is 17.1 Å². The van der Waals surface area contributed by atoms with E-state index in [0.29, 0.717) is 0 Å². The SMILES string of the molecule is Cc1ccc(C(c2ccc(C)cc2)(c2ccc(-c3ccc(P(=O)(c4ccccc4)c4ccccc4)cc3)cc2)c2cc3cccc4ccc5cccc2c5c43)cc1. The van der Waals surface area contributed by atoms with E-state index in [-0.39, 0.29) is 0 Å². The van der Waals surface area contributed by atoms with Gasteiger partial charge >= 0.3 is 0 Å². The van der Waals surface area contributed by atoms with Gasteiger partial charge in [-0.1, -0.05) is 217 Å². The quantitative estimate of drug-likeness (QED) is 0.0859. The van der Waals surface area contributed by atoms with Gasteiger partial charge in [0.2, 0.25) is 0 Å². The van der Waals surface area contributed by atoms with Crippen LogP contribution in [-0.4, -0.2) is 0 Å². The molecule has 10 rings (SSSR count). The van der Waals surface area contributed by atoms with Crippen molar-refractivity contribution in [1.29, 1.82) is 0 Å². The van der Waals surface area contributed by atoms with Gasteiger partial charge in [0.25, 0.3) is 0 Å². The van der Waals surface area contributed by atoms with E-state index < -0.39 is 12.6 Å². The Morgan fingerprint density at radius 3 is 1.32 bits per heavy atom. The molecule has 10 aromatic carbocycles. The van der Waals surface area contributed by atoms with Crippen molar-refractivity contribution >= 4 is 55.4 Å². The molecule has 0 amide bonds. The van der Waals surface area contributed by atoms with Gasteiger partial charge in [-0.2, -0.15) is 0 Å². The predicted molar refractivity (Wildman–Crippen MR) is 243 cm³/mol. The van der Waals surface area contributed by atoms with E-state index in [1.54, 1.807) is 0 Å². The standard InChI is InChI=1S/C55H41OP/c1-38-19-29-45(30-20-38)55(46-31-21-39(2)22-32-46,52-37-44-13-9-11-42-23-24-43-12-10-18-51(52)54(43)53(42)44)47-33-25-40(26-34-47)41-27-35-50(36-28-41)57(56,48-14-5-3-6-15-48)49-16-7-4-8-17-49/h3-37H,1-2H3. The molecule has 0 N–H and O–H groups in total. The summed E-state index contributed by atoms with van der Waals surface area (Å²) in [7, 11) is -3.07. The molecule has 0 aliphatic rings. The maximum absolute atomic E-state index is 15.1. The normalized spacial score (nSPS) is 12.1. The minimum atomic E-state index is -3.07. The molecule has 0 saturated heterocycles. The van der Waals surface area contributed by atoms with Gasteiger partial charge in [0.05, 0.1) is 5.41 Å². The monoisotopic (exact) mass is 748 g/mol.